The number of benzene rings is 1. The fourth-order valence-electron chi connectivity index (χ4n) is 0.899. The molecule has 0 fully saturated rings. The first kappa shape index (κ1) is 9.99. The summed E-state index contributed by atoms with van der Waals surface area (Å²) < 4.78 is 0.785. The first-order valence-corrected chi connectivity index (χ1v) is 4.65. The van der Waals surface area contributed by atoms with Gasteiger partial charge in [0, 0.05) is 16.0 Å². The van der Waals surface area contributed by atoms with Crippen molar-refractivity contribution in [2.75, 3.05) is 6.54 Å². The highest BCUT2D eigenvalue weighted by molar-refractivity contribution is 9.10. The molecule has 1 rings (SSSR count). The van der Waals surface area contributed by atoms with Gasteiger partial charge in [0.05, 0.1) is 6.10 Å². The highest BCUT2D eigenvalue weighted by Crippen LogP contribution is 2.25. The van der Waals surface area contributed by atoms with Crippen molar-refractivity contribution in [1.29, 1.82) is 0 Å². The highest BCUT2D eigenvalue weighted by atomic mass is 79.9. The van der Waals surface area contributed by atoms with Gasteiger partial charge >= 0.3 is 0 Å². The predicted molar refractivity (Wildman–Crippen MR) is 53.2 cm³/mol. The van der Waals surface area contributed by atoms with Gasteiger partial charge in [0.15, 0.2) is 0 Å². The summed E-state index contributed by atoms with van der Waals surface area (Å²) in [4.78, 5) is 0. The maximum absolute atomic E-state index is 9.40. The molecule has 0 aliphatic heterocycles. The lowest BCUT2D eigenvalue weighted by atomic mass is 10.1. The largest absolute Gasteiger partial charge is 0.387 e. The van der Waals surface area contributed by atoms with Gasteiger partial charge in [0.2, 0.25) is 0 Å². The molecule has 1 unspecified atom stereocenters. The molecule has 0 radical (unpaired) electrons. The topological polar surface area (TPSA) is 46.2 Å². The molecule has 0 aliphatic rings. The molecule has 0 heterocycles. The fraction of sp³-hybridized carbons (Fsp3) is 0.250. The molecule has 1 atom stereocenters. The SMILES string of the molecule is NCC(O)c1ccc(Cl)cc1Br. The van der Waals surface area contributed by atoms with Gasteiger partial charge in [-0.3, -0.25) is 0 Å². The number of nitrogens with two attached hydrogens (primary N) is 1. The third kappa shape index (κ3) is 2.20. The summed E-state index contributed by atoms with van der Waals surface area (Å²) in [5.74, 6) is 0. The van der Waals surface area contributed by atoms with Crippen LogP contribution in [0.3, 0.4) is 0 Å². The molecule has 1 aromatic rings. The molecule has 1 aromatic carbocycles. The first-order chi connectivity index (χ1) is 5.65. The molecule has 66 valence electrons. The summed E-state index contributed by atoms with van der Waals surface area (Å²) in [7, 11) is 0. The number of aliphatic hydroxyl groups is 1. The highest BCUT2D eigenvalue weighted by Gasteiger charge is 2.08. The lowest BCUT2D eigenvalue weighted by Crippen LogP contribution is -2.11. The Morgan fingerprint density at radius 1 is 1.58 bits per heavy atom. The van der Waals surface area contributed by atoms with Gasteiger partial charge < -0.3 is 10.8 Å². The van der Waals surface area contributed by atoms with Crippen LogP contribution in [0.15, 0.2) is 22.7 Å². The maximum atomic E-state index is 9.40. The quantitative estimate of drug-likeness (QED) is 0.844. The van der Waals surface area contributed by atoms with E-state index in [1.165, 1.54) is 0 Å². The molecule has 3 N–H and O–H groups in total. The Morgan fingerprint density at radius 2 is 2.25 bits per heavy atom. The molecule has 0 amide bonds. The molecule has 0 saturated heterocycles. The van der Waals surface area contributed by atoms with Gasteiger partial charge in [-0.05, 0) is 17.7 Å². The molecule has 0 saturated carbocycles. The Balaban J connectivity index is 3.01. The van der Waals surface area contributed by atoms with E-state index in [0.29, 0.717) is 5.02 Å². The number of aliphatic hydroxyl groups excluding tert-OH is 1. The second kappa shape index (κ2) is 4.23. The molecule has 2 nitrogen and oxygen atoms in total. The van der Waals surface area contributed by atoms with E-state index < -0.39 is 6.10 Å². The second-order valence-electron chi connectivity index (χ2n) is 2.42. The normalized spacial score (nSPS) is 13.0. The van der Waals surface area contributed by atoms with Crippen molar-refractivity contribution in [3.63, 3.8) is 0 Å². The van der Waals surface area contributed by atoms with Crippen LogP contribution in [0.4, 0.5) is 0 Å². The number of halogens is 2. The van der Waals surface area contributed by atoms with Gasteiger partial charge in [0.25, 0.3) is 0 Å². The molecular weight excluding hydrogens is 241 g/mol. The van der Waals surface area contributed by atoms with E-state index in [9.17, 15) is 5.11 Å². The smallest absolute Gasteiger partial charge is 0.0923 e. The first-order valence-electron chi connectivity index (χ1n) is 3.48. The van der Waals surface area contributed by atoms with Crippen molar-refractivity contribution in [3.8, 4) is 0 Å². The second-order valence-corrected chi connectivity index (χ2v) is 3.71. The van der Waals surface area contributed by atoms with Crippen LogP contribution in [0.1, 0.15) is 11.7 Å². The van der Waals surface area contributed by atoms with Crippen molar-refractivity contribution >= 4 is 27.5 Å². The third-order valence-corrected chi connectivity index (χ3v) is 2.47. The molecule has 0 bridgehead atoms. The number of hydrogen-bond donors (Lipinski definition) is 2. The summed E-state index contributed by atoms with van der Waals surface area (Å²) in [6.07, 6.45) is -0.628. The summed E-state index contributed by atoms with van der Waals surface area (Å²) in [6, 6.07) is 5.21. The maximum Gasteiger partial charge on any atom is 0.0923 e. The zero-order valence-electron chi connectivity index (χ0n) is 6.30. The Bertz CT molecular complexity index is 280. The van der Waals surface area contributed by atoms with E-state index in [-0.39, 0.29) is 6.54 Å². The van der Waals surface area contributed by atoms with E-state index in [1.54, 1.807) is 18.2 Å². The molecule has 12 heavy (non-hydrogen) atoms. The lowest BCUT2D eigenvalue weighted by Gasteiger charge is -2.09. The van der Waals surface area contributed by atoms with Gasteiger partial charge in [-0.2, -0.15) is 0 Å². The average Bonchev–Trinajstić information content (AvgIpc) is 2.03. The van der Waals surface area contributed by atoms with E-state index in [2.05, 4.69) is 15.9 Å². The Morgan fingerprint density at radius 3 is 2.75 bits per heavy atom. The van der Waals surface area contributed by atoms with Crippen LogP contribution in [0.25, 0.3) is 0 Å². The minimum Gasteiger partial charge on any atom is -0.387 e. The Kier molecular flexibility index (Phi) is 3.53. The standard InChI is InChI=1S/C8H9BrClNO/c9-7-3-5(10)1-2-6(7)8(12)4-11/h1-3,8,12H,4,11H2. The molecule has 0 aliphatic carbocycles. The summed E-state index contributed by atoms with van der Waals surface area (Å²) in [5.41, 5.74) is 6.07. The van der Waals surface area contributed by atoms with Crippen LogP contribution in [-0.2, 0) is 0 Å². The lowest BCUT2D eigenvalue weighted by molar-refractivity contribution is 0.186. The van der Waals surface area contributed by atoms with Crippen molar-refractivity contribution in [3.05, 3.63) is 33.3 Å². The van der Waals surface area contributed by atoms with Crippen LogP contribution in [-0.4, -0.2) is 11.7 Å². The van der Waals surface area contributed by atoms with Gasteiger partial charge in [-0.25, -0.2) is 0 Å². The summed E-state index contributed by atoms with van der Waals surface area (Å²) in [5, 5.41) is 10.0. The van der Waals surface area contributed by atoms with Crippen molar-refractivity contribution < 1.29 is 5.11 Å². The Labute approximate surface area is 84.5 Å². The molecular formula is C8H9BrClNO. The molecule has 4 heteroatoms. The molecule has 0 spiro atoms. The van der Waals surface area contributed by atoms with Crippen LogP contribution < -0.4 is 5.73 Å². The third-order valence-electron chi connectivity index (χ3n) is 1.54. The van der Waals surface area contributed by atoms with Crippen molar-refractivity contribution in [1.82, 2.24) is 0 Å². The van der Waals surface area contributed by atoms with Gasteiger partial charge in [-0.15, -0.1) is 0 Å². The van der Waals surface area contributed by atoms with E-state index in [1.807, 2.05) is 0 Å². The van der Waals surface area contributed by atoms with Crippen LogP contribution in [0.5, 0.6) is 0 Å². The average molecular weight is 251 g/mol. The number of hydrogen-bond acceptors (Lipinski definition) is 2. The zero-order chi connectivity index (χ0) is 9.14. The van der Waals surface area contributed by atoms with Crippen LogP contribution in [0, 0.1) is 0 Å². The summed E-state index contributed by atoms with van der Waals surface area (Å²) in [6.45, 7) is 0.209. The zero-order valence-corrected chi connectivity index (χ0v) is 8.64. The predicted octanol–water partition coefficient (Wildman–Crippen LogP) is 2.09. The van der Waals surface area contributed by atoms with E-state index in [0.717, 1.165) is 10.0 Å². The van der Waals surface area contributed by atoms with Crippen LogP contribution >= 0.6 is 27.5 Å². The van der Waals surface area contributed by atoms with Crippen molar-refractivity contribution in [2.45, 2.75) is 6.10 Å². The Hall–Kier alpha value is -0.0900. The van der Waals surface area contributed by atoms with E-state index >= 15 is 0 Å². The summed E-state index contributed by atoms with van der Waals surface area (Å²) >= 11 is 9.01. The van der Waals surface area contributed by atoms with E-state index in [4.69, 9.17) is 17.3 Å². The fourth-order valence-corrected chi connectivity index (χ4v) is 1.85. The van der Waals surface area contributed by atoms with Gasteiger partial charge in [0.1, 0.15) is 0 Å². The molecule has 0 aromatic heterocycles. The number of rotatable bonds is 2. The monoisotopic (exact) mass is 249 g/mol. The van der Waals surface area contributed by atoms with Crippen molar-refractivity contribution in [2.24, 2.45) is 5.73 Å². The minimum absolute atomic E-state index is 0.209. The van der Waals surface area contributed by atoms with Gasteiger partial charge in [-0.1, -0.05) is 33.6 Å². The van der Waals surface area contributed by atoms with Crippen LogP contribution in [0.2, 0.25) is 5.02 Å². The minimum atomic E-state index is -0.628.